The van der Waals surface area contributed by atoms with Gasteiger partial charge in [-0.3, -0.25) is 0 Å². The van der Waals surface area contributed by atoms with Gasteiger partial charge >= 0.3 is 0 Å². The van der Waals surface area contributed by atoms with Crippen molar-refractivity contribution in [3.8, 4) is 0 Å². The van der Waals surface area contributed by atoms with E-state index in [1.807, 2.05) is 12.1 Å². The van der Waals surface area contributed by atoms with E-state index >= 15 is 0 Å². The van der Waals surface area contributed by atoms with Crippen LogP contribution in [0, 0.1) is 5.82 Å². The van der Waals surface area contributed by atoms with Crippen LogP contribution in [0.5, 0.6) is 0 Å². The van der Waals surface area contributed by atoms with E-state index in [4.69, 9.17) is 0 Å². The fourth-order valence-electron chi connectivity index (χ4n) is 1.97. The number of nitrogens with one attached hydrogen (secondary N) is 2. The third-order valence-corrected chi connectivity index (χ3v) is 3.14. The molecule has 0 unspecified atom stereocenters. The Kier molecular flexibility index (Phi) is 6.09. The lowest BCUT2D eigenvalue weighted by Gasteiger charge is -2.11. The second kappa shape index (κ2) is 8.29. The van der Waals surface area contributed by atoms with Crippen molar-refractivity contribution in [1.29, 1.82) is 0 Å². The van der Waals surface area contributed by atoms with Gasteiger partial charge in [-0.05, 0) is 39.2 Å². The van der Waals surface area contributed by atoms with Crippen molar-refractivity contribution in [3.05, 3.63) is 47.9 Å². The van der Waals surface area contributed by atoms with Crippen LogP contribution in [0.3, 0.4) is 0 Å². The van der Waals surface area contributed by atoms with Crippen molar-refractivity contribution >= 4 is 11.8 Å². The van der Waals surface area contributed by atoms with Gasteiger partial charge in [0.2, 0.25) is 5.95 Å². The highest BCUT2D eigenvalue weighted by Crippen LogP contribution is 2.10. The molecule has 2 aromatic rings. The lowest BCUT2D eigenvalue weighted by Crippen LogP contribution is -2.16. The highest BCUT2D eigenvalue weighted by Gasteiger charge is 2.02. The Bertz CT molecular complexity index is 588. The zero-order valence-electron chi connectivity index (χ0n) is 13.0. The Labute approximate surface area is 130 Å². The van der Waals surface area contributed by atoms with Crippen LogP contribution in [0.2, 0.25) is 0 Å². The van der Waals surface area contributed by atoms with E-state index < -0.39 is 0 Å². The minimum Gasteiger partial charge on any atom is -0.370 e. The highest BCUT2D eigenvalue weighted by atomic mass is 19.1. The van der Waals surface area contributed by atoms with Gasteiger partial charge in [-0.1, -0.05) is 18.2 Å². The SMILES string of the molecule is CN(C)CCCNc1ccnc(NCc2ccccc2F)n1. The van der Waals surface area contributed by atoms with Gasteiger partial charge in [0.1, 0.15) is 11.6 Å². The molecule has 0 fully saturated rings. The maximum absolute atomic E-state index is 13.5. The number of nitrogens with zero attached hydrogens (tertiary/aromatic N) is 3. The maximum Gasteiger partial charge on any atom is 0.224 e. The molecule has 0 spiro atoms. The summed E-state index contributed by atoms with van der Waals surface area (Å²) in [6.45, 7) is 2.23. The average molecular weight is 303 g/mol. The fourth-order valence-corrected chi connectivity index (χ4v) is 1.97. The second-order valence-electron chi connectivity index (χ2n) is 5.29. The summed E-state index contributed by atoms with van der Waals surface area (Å²) in [5, 5.41) is 6.30. The minimum atomic E-state index is -0.229. The first-order valence-corrected chi connectivity index (χ1v) is 7.34. The predicted octanol–water partition coefficient (Wildman–Crippen LogP) is 2.59. The lowest BCUT2D eigenvalue weighted by molar-refractivity contribution is 0.405. The summed E-state index contributed by atoms with van der Waals surface area (Å²) in [6.07, 6.45) is 2.72. The molecular weight excluding hydrogens is 281 g/mol. The Balaban J connectivity index is 1.85. The van der Waals surface area contributed by atoms with E-state index in [1.165, 1.54) is 6.07 Å². The van der Waals surface area contributed by atoms with Crippen LogP contribution in [0.15, 0.2) is 36.5 Å². The topological polar surface area (TPSA) is 53.1 Å². The Morgan fingerprint density at radius 2 is 1.95 bits per heavy atom. The molecule has 6 heteroatoms. The van der Waals surface area contributed by atoms with E-state index in [-0.39, 0.29) is 5.82 Å². The van der Waals surface area contributed by atoms with E-state index in [0.29, 0.717) is 18.1 Å². The second-order valence-corrected chi connectivity index (χ2v) is 5.29. The monoisotopic (exact) mass is 303 g/mol. The van der Waals surface area contributed by atoms with Crippen molar-refractivity contribution < 1.29 is 4.39 Å². The number of hydrogen-bond donors (Lipinski definition) is 2. The van der Waals surface area contributed by atoms with Crippen molar-refractivity contribution in [2.45, 2.75) is 13.0 Å². The van der Waals surface area contributed by atoms with Gasteiger partial charge in [-0.25, -0.2) is 9.37 Å². The smallest absolute Gasteiger partial charge is 0.224 e. The molecule has 5 nitrogen and oxygen atoms in total. The molecule has 0 saturated heterocycles. The Hall–Kier alpha value is -2.21. The van der Waals surface area contributed by atoms with Gasteiger partial charge in [-0.2, -0.15) is 4.98 Å². The first kappa shape index (κ1) is 16.2. The maximum atomic E-state index is 13.5. The minimum absolute atomic E-state index is 0.229. The number of halogens is 1. The van der Waals surface area contributed by atoms with E-state index in [2.05, 4.69) is 39.6 Å². The number of aromatic nitrogens is 2. The van der Waals surface area contributed by atoms with Gasteiger partial charge in [0.15, 0.2) is 0 Å². The first-order valence-electron chi connectivity index (χ1n) is 7.34. The molecule has 0 aliphatic rings. The molecule has 0 aliphatic carbocycles. The number of hydrogen-bond acceptors (Lipinski definition) is 5. The molecule has 1 heterocycles. The molecule has 0 aliphatic heterocycles. The van der Waals surface area contributed by atoms with Gasteiger partial charge in [0.25, 0.3) is 0 Å². The van der Waals surface area contributed by atoms with Crippen LogP contribution in [0.25, 0.3) is 0 Å². The van der Waals surface area contributed by atoms with Gasteiger partial charge < -0.3 is 15.5 Å². The van der Waals surface area contributed by atoms with Crippen LogP contribution < -0.4 is 10.6 Å². The summed E-state index contributed by atoms with van der Waals surface area (Å²) in [4.78, 5) is 10.7. The summed E-state index contributed by atoms with van der Waals surface area (Å²) < 4.78 is 13.5. The largest absolute Gasteiger partial charge is 0.370 e. The molecule has 0 radical (unpaired) electrons. The number of rotatable bonds is 8. The molecule has 22 heavy (non-hydrogen) atoms. The molecule has 0 saturated carbocycles. The Morgan fingerprint density at radius 1 is 1.14 bits per heavy atom. The van der Waals surface area contributed by atoms with Crippen LogP contribution in [-0.4, -0.2) is 42.1 Å². The van der Waals surface area contributed by atoms with E-state index in [1.54, 1.807) is 18.3 Å². The van der Waals surface area contributed by atoms with Crippen LogP contribution in [-0.2, 0) is 6.54 Å². The van der Waals surface area contributed by atoms with Crippen LogP contribution in [0.1, 0.15) is 12.0 Å². The summed E-state index contributed by atoms with van der Waals surface area (Å²) in [5.74, 6) is 1.03. The fraction of sp³-hybridized carbons (Fsp3) is 0.375. The van der Waals surface area contributed by atoms with Gasteiger partial charge in [0, 0.05) is 24.8 Å². The molecule has 2 N–H and O–H groups in total. The summed E-state index contributed by atoms with van der Waals surface area (Å²) in [5.41, 5.74) is 0.593. The molecule has 118 valence electrons. The van der Waals surface area contributed by atoms with Gasteiger partial charge in [0.05, 0.1) is 0 Å². The zero-order chi connectivity index (χ0) is 15.8. The summed E-state index contributed by atoms with van der Waals surface area (Å²) >= 11 is 0. The average Bonchev–Trinajstić information content (AvgIpc) is 2.51. The molecule has 1 aromatic heterocycles. The third kappa shape index (κ3) is 5.29. The van der Waals surface area contributed by atoms with Crippen molar-refractivity contribution in [2.24, 2.45) is 0 Å². The van der Waals surface area contributed by atoms with Crippen LogP contribution >= 0.6 is 0 Å². The van der Waals surface area contributed by atoms with E-state index in [0.717, 1.165) is 25.3 Å². The van der Waals surface area contributed by atoms with Crippen LogP contribution in [0.4, 0.5) is 16.2 Å². The molecule has 0 bridgehead atoms. The van der Waals surface area contributed by atoms with Crippen molar-refractivity contribution in [2.75, 3.05) is 37.8 Å². The molecular formula is C16H22FN5. The lowest BCUT2D eigenvalue weighted by atomic mass is 10.2. The molecule has 1 aromatic carbocycles. The molecule has 2 rings (SSSR count). The standard InChI is InChI=1S/C16H22FN5/c1-22(2)11-5-9-18-15-8-10-19-16(21-15)20-12-13-6-3-4-7-14(13)17/h3-4,6-8,10H,5,9,11-12H2,1-2H3,(H2,18,19,20,21). The summed E-state index contributed by atoms with van der Waals surface area (Å²) in [7, 11) is 4.10. The predicted molar refractivity (Wildman–Crippen MR) is 87.4 cm³/mol. The summed E-state index contributed by atoms with van der Waals surface area (Å²) in [6, 6.07) is 8.49. The Morgan fingerprint density at radius 3 is 2.73 bits per heavy atom. The third-order valence-electron chi connectivity index (χ3n) is 3.14. The normalized spacial score (nSPS) is 10.7. The van der Waals surface area contributed by atoms with E-state index in [9.17, 15) is 4.39 Å². The quantitative estimate of drug-likeness (QED) is 0.734. The number of benzene rings is 1. The molecule has 0 atom stereocenters. The first-order chi connectivity index (χ1) is 10.6. The van der Waals surface area contributed by atoms with Crippen molar-refractivity contribution in [1.82, 2.24) is 14.9 Å². The number of anilines is 2. The van der Waals surface area contributed by atoms with Gasteiger partial charge in [-0.15, -0.1) is 0 Å². The molecule has 0 amide bonds. The van der Waals surface area contributed by atoms with Crippen molar-refractivity contribution in [3.63, 3.8) is 0 Å². The highest BCUT2D eigenvalue weighted by molar-refractivity contribution is 5.39. The zero-order valence-corrected chi connectivity index (χ0v) is 13.0.